The van der Waals surface area contributed by atoms with Crippen LogP contribution >= 0.6 is 7.82 Å². The molecule has 2 N–H and O–H groups in total. The molecule has 0 heterocycles. The predicted octanol–water partition coefficient (Wildman–Crippen LogP) is 2.94. The molecule has 0 saturated heterocycles. The van der Waals surface area contributed by atoms with Gasteiger partial charge in [-0.1, -0.05) is 43.0 Å². The van der Waals surface area contributed by atoms with Gasteiger partial charge >= 0.3 is 7.82 Å². The summed E-state index contributed by atoms with van der Waals surface area (Å²) >= 11 is 0. The molecule has 90 valence electrons. The van der Waals surface area contributed by atoms with Crippen molar-refractivity contribution in [3.8, 4) is 0 Å². The minimum absolute atomic E-state index is 0.0222. The van der Waals surface area contributed by atoms with Gasteiger partial charge in [-0.15, -0.1) is 4.67 Å². The average Bonchev–Trinajstić information content (AvgIpc) is 2.31. The van der Waals surface area contributed by atoms with Gasteiger partial charge in [-0.2, -0.15) is 0 Å². The largest absolute Gasteiger partial charge is 0.499 e. The van der Waals surface area contributed by atoms with E-state index in [1.54, 1.807) is 0 Å². The van der Waals surface area contributed by atoms with Gasteiger partial charge in [-0.3, -0.25) is 4.52 Å². The molecule has 0 aliphatic carbocycles. The van der Waals surface area contributed by atoms with Gasteiger partial charge in [0.2, 0.25) is 0 Å². The lowest BCUT2D eigenvalue weighted by Gasteiger charge is -2.02. The lowest BCUT2D eigenvalue weighted by molar-refractivity contribution is -0.161. The van der Waals surface area contributed by atoms with Crippen LogP contribution in [-0.2, 0) is 13.8 Å². The maximum atomic E-state index is 10.0. The molecule has 1 atom stereocenters. The normalized spacial score (nSPS) is 13.2. The Bertz CT molecular complexity index is 338. The second-order valence-corrected chi connectivity index (χ2v) is 3.94. The van der Waals surface area contributed by atoms with Crippen LogP contribution < -0.4 is 0 Å². The molecule has 0 fully saturated rings. The van der Waals surface area contributed by atoms with E-state index in [-0.39, 0.29) is 6.61 Å². The van der Waals surface area contributed by atoms with E-state index in [9.17, 15) is 4.57 Å². The molecule has 0 aromatic heterocycles. The molecule has 1 rings (SSSR count). The molecule has 0 aliphatic heterocycles. The van der Waals surface area contributed by atoms with Crippen molar-refractivity contribution in [2.45, 2.75) is 6.92 Å². The second-order valence-electron chi connectivity index (χ2n) is 2.58. The van der Waals surface area contributed by atoms with Gasteiger partial charge in [0.15, 0.2) is 0 Å². The topological polar surface area (TPSA) is 76.0 Å². The van der Waals surface area contributed by atoms with Crippen LogP contribution in [0.15, 0.2) is 36.9 Å². The molecule has 1 aromatic rings. The first kappa shape index (κ1) is 15.0. The standard InChI is InChI=1S/C8H8.C2H7O5P/c1-2-8-6-4-3-5-7-8;1-2-6-8(4,5)7-3/h2-7H,1H2;3H,2H2,1H3,(H,4,5). The van der Waals surface area contributed by atoms with E-state index in [0.29, 0.717) is 0 Å². The highest BCUT2D eigenvalue weighted by Gasteiger charge is 2.18. The summed E-state index contributed by atoms with van der Waals surface area (Å²) in [7, 11) is -4.12. The lowest BCUT2D eigenvalue weighted by atomic mass is 10.2. The summed E-state index contributed by atoms with van der Waals surface area (Å²) in [4.78, 5) is 8.18. The first-order valence-electron chi connectivity index (χ1n) is 4.53. The summed E-state index contributed by atoms with van der Waals surface area (Å²) in [6.45, 7) is 5.15. The summed E-state index contributed by atoms with van der Waals surface area (Å²) in [6.07, 6.45) is 1.83. The van der Waals surface area contributed by atoms with Crippen molar-refractivity contribution >= 4 is 13.9 Å². The van der Waals surface area contributed by atoms with Gasteiger partial charge in [0.1, 0.15) is 0 Å². The Hall–Kier alpha value is -0.970. The van der Waals surface area contributed by atoms with E-state index in [0.717, 1.165) is 0 Å². The van der Waals surface area contributed by atoms with Gasteiger partial charge in [-0.05, 0) is 12.5 Å². The Morgan fingerprint density at radius 1 is 1.44 bits per heavy atom. The highest BCUT2D eigenvalue weighted by Crippen LogP contribution is 2.41. The highest BCUT2D eigenvalue weighted by atomic mass is 31.2. The fourth-order valence-corrected chi connectivity index (χ4v) is 1.15. The van der Waals surface area contributed by atoms with Crippen LogP contribution in [0.1, 0.15) is 12.5 Å². The zero-order valence-corrected chi connectivity index (χ0v) is 9.84. The van der Waals surface area contributed by atoms with Crippen LogP contribution in [0, 0.1) is 0 Å². The van der Waals surface area contributed by atoms with Crippen molar-refractivity contribution in [3.05, 3.63) is 42.5 Å². The Labute approximate surface area is 94.5 Å². The molecule has 0 radical (unpaired) electrons. The number of rotatable bonds is 4. The molecular weight excluding hydrogens is 231 g/mol. The van der Waals surface area contributed by atoms with Crippen LogP contribution in [0.25, 0.3) is 6.08 Å². The number of phosphoric ester groups is 1. The molecule has 0 amide bonds. The summed E-state index contributed by atoms with van der Waals surface area (Å²) < 4.78 is 17.1. The van der Waals surface area contributed by atoms with Crippen LogP contribution in [0.3, 0.4) is 0 Å². The Morgan fingerprint density at radius 3 is 2.25 bits per heavy atom. The fraction of sp³-hybridized carbons (Fsp3) is 0.200. The summed E-state index contributed by atoms with van der Waals surface area (Å²) in [5.41, 5.74) is 1.17. The molecule has 0 aliphatic rings. The third kappa shape index (κ3) is 7.34. The Kier molecular flexibility index (Phi) is 7.72. The Morgan fingerprint density at radius 2 is 2.00 bits per heavy atom. The monoisotopic (exact) mass is 246 g/mol. The summed E-state index contributed by atoms with van der Waals surface area (Å²) in [5, 5.41) is 7.59. The second kappa shape index (κ2) is 8.21. The van der Waals surface area contributed by atoms with E-state index in [4.69, 9.17) is 10.2 Å². The van der Waals surface area contributed by atoms with Gasteiger partial charge < -0.3 is 4.89 Å². The average molecular weight is 246 g/mol. The van der Waals surface area contributed by atoms with Gasteiger partial charge in [-0.25, -0.2) is 9.82 Å². The molecule has 1 aromatic carbocycles. The molecule has 0 saturated carbocycles. The van der Waals surface area contributed by atoms with E-state index in [1.165, 1.54) is 12.5 Å². The summed E-state index contributed by atoms with van der Waals surface area (Å²) in [6, 6.07) is 10.0. The van der Waals surface area contributed by atoms with E-state index >= 15 is 0 Å². The van der Waals surface area contributed by atoms with Crippen LogP contribution in [0.2, 0.25) is 0 Å². The van der Waals surface area contributed by atoms with Crippen molar-refractivity contribution in [3.63, 3.8) is 0 Å². The van der Waals surface area contributed by atoms with Gasteiger partial charge in [0.25, 0.3) is 0 Å². The van der Waals surface area contributed by atoms with Crippen LogP contribution in [0.4, 0.5) is 0 Å². The maximum Gasteiger partial charge on any atom is 0.499 e. The minimum Gasteiger partial charge on any atom is -0.301 e. The number of phosphoric acid groups is 1. The van der Waals surface area contributed by atoms with Crippen molar-refractivity contribution in [2.75, 3.05) is 6.61 Å². The fourth-order valence-electron chi connectivity index (χ4n) is 0.776. The van der Waals surface area contributed by atoms with Gasteiger partial charge in [0.05, 0.1) is 6.61 Å². The quantitative estimate of drug-likeness (QED) is 0.485. The smallest absolute Gasteiger partial charge is 0.301 e. The Balaban J connectivity index is 0.000000281. The van der Waals surface area contributed by atoms with Crippen molar-refractivity contribution in [1.82, 2.24) is 0 Å². The minimum atomic E-state index is -4.12. The first-order chi connectivity index (χ1) is 7.55. The molecule has 0 spiro atoms. The SMILES string of the molecule is C=Cc1ccccc1.CCOP(=O)(O)OO. The van der Waals surface area contributed by atoms with Crippen molar-refractivity contribution in [1.29, 1.82) is 0 Å². The molecule has 5 nitrogen and oxygen atoms in total. The number of benzene rings is 1. The summed E-state index contributed by atoms with van der Waals surface area (Å²) in [5.74, 6) is 0. The van der Waals surface area contributed by atoms with E-state index in [2.05, 4.69) is 15.8 Å². The zero-order chi connectivity index (χ0) is 12.4. The van der Waals surface area contributed by atoms with E-state index < -0.39 is 7.82 Å². The third-order valence-corrected chi connectivity index (χ3v) is 2.22. The number of hydrogen-bond donors (Lipinski definition) is 2. The maximum absolute atomic E-state index is 10.0. The zero-order valence-electron chi connectivity index (χ0n) is 8.94. The lowest BCUT2D eigenvalue weighted by Crippen LogP contribution is -1.89. The molecule has 6 heteroatoms. The predicted molar refractivity (Wildman–Crippen MR) is 61.7 cm³/mol. The van der Waals surface area contributed by atoms with Crippen LogP contribution in [0.5, 0.6) is 0 Å². The first-order valence-corrected chi connectivity index (χ1v) is 6.03. The third-order valence-electron chi connectivity index (χ3n) is 1.43. The van der Waals surface area contributed by atoms with E-state index in [1.807, 2.05) is 36.4 Å². The van der Waals surface area contributed by atoms with Crippen molar-refractivity contribution in [2.24, 2.45) is 0 Å². The van der Waals surface area contributed by atoms with Crippen LogP contribution in [-0.4, -0.2) is 16.8 Å². The molecule has 0 bridgehead atoms. The number of hydrogen-bond acceptors (Lipinski definition) is 4. The molecular formula is C10H15O5P. The molecule has 16 heavy (non-hydrogen) atoms. The van der Waals surface area contributed by atoms with Gasteiger partial charge in [0, 0.05) is 0 Å². The molecule has 1 unspecified atom stereocenters. The highest BCUT2D eigenvalue weighted by molar-refractivity contribution is 7.47. The van der Waals surface area contributed by atoms with Crippen molar-refractivity contribution < 1.29 is 23.9 Å².